The quantitative estimate of drug-likeness (QED) is 0.190. The Morgan fingerprint density at radius 1 is 0.432 bits per heavy atom. The Hall–Kier alpha value is -1.64. The van der Waals surface area contributed by atoms with Crippen LogP contribution in [0, 0.1) is 46.3 Å². The van der Waals surface area contributed by atoms with Crippen LogP contribution in [0.3, 0.4) is 0 Å². The van der Waals surface area contributed by atoms with Crippen molar-refractivity contribution in [3.05, 3.63) is 71.8 Å². The minimum atomic E-state index is 0.638. The zero-order valence-corrected chi connectivity index (χ0v) is 27.7. The van der Waals surface area contributed by atoms with Crippen LogP contribution in [-0.4, -0.2) is 36.0 Å². The predicted octanol–water partition coefficient (Wildman–Crippen LogP) is 9.98. The largest absolute Gasteiger partial charge is 0.299 e. The van der Waals surface area contributed by atoms with Gasteiger partial charge in [0.1, 0.15) is 0 Å². The van der Waals surface area contributed by atoms with Crippen LogP contribution in [-0.2, 0) is 13.1 Å². The summed E-state index contributed by atoms with van der Waals surface area (Å²) in [7, 11) is 0. The van der Waals surface area contributed by atoms with Gasteiger partial charge < -0.3 is 0 Å². The van der Waals surface area contributed by atoms with E-state index in [0.29, 0.717) is 10.8 Å². The van der Waals surface area contributed by atoms with Crippen molar-refractivity contribution in [2.75, 3.05) is 26.2 Å². The van der Waals surface area contributed by atoms with Gasteiger partial charge in [-0.05, 0) is 160 Å². The van der Waals surface area contributed by atoms with Crippen LogP contribution in [0.25, 0.3) is 0 Å². The summed E-state index contributed by atoms with van der Waals surface area (Å²) in [5.41, 5.74) is 4.30. The Bertz CT molecular complexity index is 1040. The molecule has 8 aliphatic rings. The highest BCUT2D eigenvalue weighted by Crippen LogP contribution is 2.61. The van der Waals surface area contributed by atoms with E-state index < -0.39 is 0 Å². The van der Waals surface area contributed by atoms with Crippen LogP contribution in [0.2, 0.25) is 0 Å². The topological polar surface area (TPSA) is 6.48 Å². The third-order valence-electron chi connectivity index (χ3n) is 13.6. The Labute approximate surface area is 269 Å². The molecule has 10 rings (SSSR count). The van der Waals surface area contributed by atoms with Crippen LogP contribution in [0.1, 0.15) is 114 Å². The molecule has 0 atom stereocenters. The summed E-state index contributed by atoms with van der Waals surface area (Å²) in [4.78, 5) is 5.80. The lowest BCUT2D eigenvalue weighted by Gasteiger charge is -2.58. The van der Waals surface area contributed by atoms with Gasteiger partial charge >= 0.3 is 0 Å². The zero-order chi connectivity index (χ0) is 29.4. The minimum absolute atomic E-state index is 0.638. The maximum Gasteiger partial charge on any atom is 0.0233 e. The number of benzene rings is 2. The van der Waals surface area contributed by atoms with Gasteiger partial charge in [0.05, 0.1) is 0 Å². The fraction of sp³-hybridized carbons (Fsp3) is 0.714. The van der Waals surface area contributed by atoms with E-state index in [4.69, 9.17) is 0 Å². The predicted molar refractivity (Wildman–Crippen MR) is 183 cm³/mol. The Balaban J connectivity index is 0.853. The monoisotopic (exact) mass is 592 g/mol. The second kappa shape index (κ2) is 12.9. The molecular formula is C42H60N2. The van der Waals surface area contributed by atoms with E-state index in [1.807, 2.05) is 0 Å². The molecule has 8 aliphatic carbocycles. The van der Waals surface area contributed by atoms with E-state index in [9.17, 15) is 0 Å². The molecule has 2 aromatic carbocycles. The van der Waals surface area contributed by atoms with Crippen molar-refractivity contribution in [2.24, 2.45) is 46.3 Å². The first-order chi connectivity index (χ1) is 21.6. The molecule has 0 aliphatic heterocycles. The normalized spacial score (nSPS) is 36.6. The molecule has 0 unspecified atom stereocenters. The maximum absolute atomic E-state index is 2.90. The first kappa shape index (κ1) is 29.7. The second-order valence-electron chi connectivity index (χ2n) is 17.6. The average molecular weight is 593 g/mol. The van der Waals surface area contributed by atoms with Crippen molar-refractivity contribution < 1.29 is 0 Å². The molecule has 8 bridgehead atoms. The van der Waals surface area contributed by atoms with E-state index in [-0.39, 0.29) is 0 Å². The van der Waals surface area contributed by atoms with Crippen LogP contribution in [0.4, 0.5) is 0 Å². The molecule has 0 aromatic heterocycles. The second-order valence-corrected chi connectivity index (χ2v) is 17.6. The molecule has 238 valence electrons. The number of hydrogen-bond acceptors (Lipinski definition) is 2. The summed E-state index contributed by atoms with van der Waals surface area (Å²) >= 11 is 0. The molecule has 2 heteroatoms. The van der Waals surface area contributed by atoms with Crippen LogP contribution in [0.5, 0.6) is 0 Å². The Morgan fingerprint density at radius 3 is 1.07 bits per heavy atom. The summed E-state index contributed by atoms with van der Waals surface area (Å²) in [6.07, 6.45) is 24.1. The molecule has 0 heterocycles. The number of nitrogens with zero attached hydrogens (tertiary/aromatic N) is 2. The summed E-state index contributed by atoms with van der Waals surface area (Å²) in [5.74, 6) is 6.32. The molecule has 2 aromatic rings. The Kier molecular flexibility index (Phi) is 8.70. The third-order valence-corrected chi connectivity index (χ3v) is 13.6. The number of hydrogen-bond donors (Lipinski definition) is 0. The van der Waals surface area contributed by atoms with Crippen LogP contribution < -0.4 is 0 Å². The molecule has 0 radical (unpaired) electrons. The molecule has 8 fully saturated rings. The standard InChI is InChI=1S/C42H60N2/c1(9-15-43(29-33-11-5-3-6-12-33)31-41-23-35-17-36(24-41)19-37(18-35)25-41)2-10-16-44(30-34-13-7-4-8-14-34)32-42-26-38-20-39(27-42)22-40(21-38)28-42/h3-8,11-14,35-40H,1-2,9-10,15-32H2. The number of unbranched alkanes of at least 4 members (excludes halogenated alkanes) is 3. The molecular weight excluding hydrogens is 532 g/mol. The lowest BCUT2D eigenvalue weighted by Crippen LogP contribution is -2.51. The molecule has 44 heavy (non-hydrogen) atoms. The van der Waals surface area contributed by atoms with Crippen molar-refractivity contribution in [2.45, 2.75) is 116 Å². The van der Waals surface area contributed by atoms with Gasteiger partial charge in [-0.2, -0.15) is 0 Å². The lowest BCUT2D eigenvalue weighted by molar-refractivity contribution is -0.0709. The van der Waals surface area contributed by atoms with Crippen molar-refractivity contribution in [3.63, 3.8) is 0 Å². The van der Waals surface area contributed by atoms with Gasteiger partial charge in [0.25, 0.3) is 0 Å². The summed E-state index contributed by atoms with van der Waals surface area (Å²) in [6, 6.07) is 22.7. The van der Waals surface area contributed by atoms with Gasteiger partial charge in [-0.1, -0.05) is 73.5 Å². The Morgan fingerprint density at radius 2 is 0.750 bits per heavy atom. The molecule has 0 amide bonds. The highest BCUT2D eigenvalue weighted by atomic mass is 15.1. The van der Waals surface area contributed by atoms with Crippen molar-refractivity contribution in [3.8, 4) is 0 Å². The molecule has 0 N–H and O–H groups in total. The zero-order valence-electron chi connectivity index (χ0n) is 27.7. The maximum atomic E-state index is 2.90. The lowest BCUT2D eigenvalue weighted by atomic mass is 9.49. The first-order valence-electron chi connectivity index (χ1n) is 19.1. The van der Waals surface area contributed by atoms with E-state index in [1.165, 1.54) is 102 Å². The minimum Gasteiger partial charge on any atom is -0.299 e. The first-order valence-corrected chi connectivity index (χ1v) is 19.1. The van der Waals surface area contributed by atoms with Gasteiger partial charge in [-0.25, -0.2) is 0 Å². The van der Waals surface area contributed by atoms with Gasteiger partial charge in [0.15, 0.2) is 0 Å². The number of rotatable bonds is 15. The van der Waals surface area contributed by atoms with E-state index in [1.54, 1.807) is 38.5 Å². The van der Waals surface area contributed by atoms with Crippen molar-refractivity contribution in [1.29, 1.82) is 0 Å². The fourth-order valence-electron chi connectivity index (χ4n) is 13.1. The van der Waals surface area contributed by atoms with Gasteiger partial charge in [0, 0.05) is 26.2 Å². The fourth-order valence-corrected chi connectivity index (χ4v) is 13.1. The smallest absolute Gasteiger partial charge is 0.0233 e. The molecule has 2 nitrogen and oxygen atoms in total. The SMILES string of the molecule is c1ccc(CN(CCCCCCN(Cc2ccccc2)CC23CC4CC(CC(C4)C2)C3)CC23CC4CC(CC(C4)C2)C3)cc1. The molecule has 0 saturated heterocycles. The summed E-state index contributed by atoms with van der Waals surface area (Å²) < 4.78 is 0. The van der Waals surface area contributed by atoms with Crippen LogP contribution >= 0.6 is 0 Å². The highest BCUT2D eigenvalue weighted by molar-refractivity contribution is 5.16. The average Bonchev–Trinajstić information content (AvgIpc) is 2.98. The van der Waals surface area contributed by atoms with Gasteiger partial charge in [-0.15, -0.1) is 0 Å². The van der Waals surface area contributed by atoms with Gasteiger partial charge in [-0.3, -0.25) is 9.80 Å². The summed E-state index contributed by atoms with van der Waals surface area (Å²) in [5, 5.41) is 0. The van der Waals surface area contributed by atoms with Crippen molar-refractivity contribution in [1.82, 2.24) is 9.80 Å². The van der Waals surface area contributed by atoms with E-state index >= 15 is 0 Å². The molecule has 0 spiro atoms. The van der Waals surface area contributed by atoms with Gasteiger partial charge in [0.2, 0.25) is 0 Å². The molecule has 8 saturated carbocycles. The summed E-state index contributed by atoms with van der Waals surface area (Å²) in [6.45, 7) is 7.61. The van der Waals surface area contributed by atoms with E-state index in [0.717, 1.165) is 48.6 Å². The van der Waals surface area contributed by atoms with Crippen LogP contribution in [0.15, 0.2) is 60.7 Å². The third kappa shape index (κ3) is 6.88. The highest BCUT2D eigenvalue weighted by Gasteiger charge is 2.52. The van der Waals surface area contributed by atoms with Crippen molar-refractivity contribution >= 4 is 0 Å². The van der Waals surface area contributed by atoms with E-state index in [2.05, 4.69) is 70.5 Å².